The van der Waals surface area contributed by atoms with Crippen LogP contribution in [0.25, 0.3) is 0 Å². The van der Waals surface area contributed by atoms with Gasteiger partial charge in [0.25, 0.3) is 0 Å². The quantitative estimate of drug-likeness (QED) is 0.623. The van der Waals surface area contributed by atoms with Crippen molar-refractivity contribution in [2.75, 3.05) is 6.61 Å². The van der Waals surface area contributed by atoms with Gasteiger partial charge in [-0.3, -0.25) is 0 Å². The number of hydrogen-bond donors (Lipinski definition) is 1. The van der Waals surface area contributed by atoms with E-state index in [0.717, 1.165) is 38.0 Å². The first-order valence-corrected chi connectivity index (χ1v) is 6.43. The lowest BCUT2D eigenvalue weighted by atomic mass is 9.88. The van der Waals surface area contributed by atoms with Gasteiger partial charge in [0.2, 0.25) is 0 Å². The Morgan fingerprint density at radius 1 is 1.47 bits per heavy atom. The molecule has 2 N–H and O–H groups in total. The molecule has 2 heteroatoms. The summed E-state index contributed by atoms with van der Waals surface area (Å²) < 4.78 is 5.72. The Bertz CT molecular complexity index is 387. The summed E-state index contributed by atoms with van der Waals surface area (Å²) in [7, 11) is 0. The van der Waals surface area contributed by atoms with Crippen LogP contribution in [0.15, 0.2) is 30.9 Å². The van der Waals surface area contributed by atoms with Gasteiger partial charge in [-0.1, -0.05) is 12.1 Å². The Morgan fingerprint density at radius 2 is 2.35 bits per heavy atom. The van der Waals surface area contributed by atoms with Crippen LogP contribution in [0, 0.1) is 0 Å². The number of fused-ring (bicyclic) bond motifs is 1. The number of ether oxygens (including phenoxy) is 1. The van der Waals surface area contributed by atoms with E-state index in [1.54, 1.807) is 0 Å². The topological polar surface area (TPSA) is 35.2 Å². The SMILES string of the molecule is C=CCCCOc1ccc2c(c1)[C@@H](N)CCC2. The molecule has 2 nitrogen and oxygen atoms in total. The third kappa shape index (κ3) is 3.10. The first-order valence-electron chi connectivity index (χ1n) is 6.43. The summed E-state index contributed by atoms with van der Waals surface area (Å²) in [6.45, 7) is 4.45. The number of aryl methyl sites for hydroxylation is 1. The van der Waals surface area contributed by atoms with Crippen LogP contribution in [-0.2, 0) is 6.42 Å². The van der Waals surface area contributed by atoms with Gasteiger partial charge in [-0.05, 0) is 55.4 Å². The molecule has 1 atom stereocenters. The van der Waals surface area contributed by atoms with Crippen molar-refractivity contribution in [1.82, 2.24) is 0 Å². The van der Waals surface area contributed by atoms with E-state index < -0.39 is 0 Å². The molecule has 1 aromatic rings. The third-order valence-electron chi connectivity index (χ3n) is 3.30. The van der Waals surface area contributed by atoms with Crippen LogP contribution in [0.4, 0.5) is 0 Å². The van der Waals surface area contributed by atoms with E-state index in [4.69, 9.17) is 10.5 Å². The van der Waals surface area contributed by atoms with Gasteiger partial charge in [-0.15, -0.1) is 6.58 Å². The number of unbranched alkanes of at least 4 members (excludes halogenated alkanes) is 1. The standard InChI is InChI=1S/C15H21NO/c1-2-3-4-10-17-13-9-8-12-6-5-7-15(16)14(12)11-13/h2,8-9,11,15H,1,3-7,10,16H2/t15-/m0/s1. The fourth-order valence-electron chi connectivity index (χ4n) is 2.32. The Balaban J connectivity index is 1.99. The van der Waals surface area contributed by atoms with Crippen molar-refractivity contribution in [2.45, 2.75) is 38.1 Å². The molecule has 1 aliphatic rings. The van der Waals surface area contributed by atoms with Crippen molar-refractivity contribution in [3.05, 3.63) is 42.0 Å². The maximum Gasteiger partial charge on any atom is 0.119 e. The molecule has 0 aliphatic heterocycles. The minimum Gasteiger partial charge on any atom is -0.494 e. The molecule has 0 fully saturated rings. The van der Waals surface area contributed by atoms with Gasteiger partial charge in [-0.2, -0.15) is 0 Å². The zero-order valence-electron chi connectivity index (χ0n) is 10.3. The average molecular weight is 231 g/mol. The molecule has 0 amide bonds. The Labute approximate surface area is 103 Å². The molecule has 2 rings (SSSR count). The molecule has 0 spiro atoms. The molecule has 0 bridgehead atoms. The van der Waals surface area contributed by atoms with Gasteiger partial charge in [0.1, 0.15) is 5.75 Å². The minimum atomic E-state index is 0.190. The van der Waals surface area contributed by atoms with Crippen LogP contribution >= 0.6 is 0 Å². The second-order valence-electron chi connectivity index (χ2n) is 4.64. The monoisotopic (exact) mass is 231 g/mol. The Hall–Kier alpha value is -1.28. The summed E-state index contributed by atoms with van der Waals surface area (Å²) in [5, 5.41) is 0. The third-order valence-corrected chi connectivity index (χ3v) is 3.30. The highest BCUT2D eigenvalue weighted by atomic mass is 16.5. The molecule has 17 heavy (non-hydrogen) atoms. The fraction of sp³-hybridized carbons (Fsp3) is 0.467. The van der Waals surface area contributed by atoms with Gasteiger partial charge in [0, 0.05) is 6.04 Å². The van der Waals surface area contributed by atoms with Crippen molar-refractivity contribution in [2.24, 2.45) is 5.73 Å². The van der Waals surface area contributed by atoms with E-state index in [0.29, 0.717) is 0 Å². The Kier molecular flexibility index (Phi) is 4.21. The Morgan fingerprint density at radius 3 is 3.18 bits per heavy atom. The fourth-order valence-corrected chi connectivity index (χ4v) is 2.32. The summed E-state index contributed by atoms with van der Waals surface area (Å²) in [5.74, 6) is 0.949. The van der Waals surface area contributed by atoms with Crippen molar-refractivity contribution in [3.63, 3.8) is 0 Å². The summed E-state index contributed by atoms with van der Waals surface area (Å²) in [4.78, 5) is 0. The van der Waals surface area contributed by atoms with Crippen LogP contribution in [0.3, 0.4) is 0 Å². The van der Waals surface area contributed by atoms with Gasteiger partial charge >= 0.3 is 0 Å². The van der Waals surface area contributed by atoms with E-state index in [1.165, 1.54) is 17.5 Å². The van der Waals surface area contributed by atoms with Crippen LogP contribution < -0.4 is 10.5 Å². The van der Waals surface area contributed by atoms with Crippen LogP contribution in [0.2, 0.25) is 0 Å². The molecule has 1 aliphatic carbocycles. The molecular weight excluding hydrogens is 210 g/mol. The maximum absolute atomic E-state index is 6.12. The summed E-state index contributed by atoms with van der Waals surface area (Å²) in [5.41, 5.74) is 8.79. The number of hydrogen-bond acceptors (Lipinski definition) is 2. The number of benzene rings is 1. The van der Waals surface area contributed by atoms with Crippen LogP contribution in [0.1, 0.15) is 42.9 Å². The highest BCUT2D eigenvalue weighted by Gasteiger charge is 2.16. The largest absolute Gasteiger partial charge is 0.494 e. The number of nitrogens with two attached hydrogens (primary N) is 1. The first kappa shape index (κ1) is 12.2. The summed E-state index contributed by atoms with van der Waals surface area (Å²) in [6, 6.07) is 6.53. The predicted octanol–water partition coefficient (Wildman–Crippen LogP) is 3.37. The van der Waals surface area contributed by atoms with Gasteiger partial charge in [0.15, 0.2) is 0 Å². The van der Waals surface area contributed by atoms with Crippen molar-refractivity contribution < 1.29 is 4.74 Å². The van der Waals surface area contributed by atoms with E-state index in [1.807, 2.05) is 6.08 Å². The van der Waals surface area contributed by atoms with Gasteiger partial charge < -0.3 is 10.5 Å². The van der Waals surface area contributed by atoms with Gasteiger partial charge in [0.05, 0.1) is 6.61 Å². The molecule has 0 saturated heterocycles. The molecule has 92 valence electrons. The lowest BCUT2D eigenvalue weighted by molar-refractivity contribution is 0.311. The molecule has 1 aromatic carbocycles. The molecule has 0 aromatic heterocycles. The molecule has 0 unspecified atom stereocenters. The average Bonchev–Trinajstić information content (AvgIpc) is 2.36. The molecule has 0 heterocycles. The van der Waals surface area contributed by atoms with E-state index in [2.05, 4.69) is 24.8 Å². The highest BCUT2D eigenvalue weighted by Crippen LogP contribution is 2.30. The van der Waals surface area contributed by atoms with Crippen molar-refractivity contribution in [1.29, 1.82) is 0 Å². The number of allylic oxidation sites excluding steroid dienone is 1. The van der Waals surface area contributed by atoms with E-state index in [-0.39, 0.29) is 6.04 Å². The molecule has 0 radical (unpaired) electrons. The molecular formula is C15H21NO. The normalized spacial score (nSPS) is 18.5. The lowest BCUT2D eigenvalue weighted by Crippen LogP contribution is -2.17. The predicted molar refractivity (Wildman–Crippen MR) is 71.2 cm³/mol. The van der Waals surface area contributed by atoms with Gasteiger partial charge in [-0.25, -0.2) is 0 Å². The van der Waals surface area contributed by atoms with Crippen molar-refractivity contribution in [3.8, 4) is 5.75 Å². The summed E-state index contributed by atoms with van der Waals surface area (Å²) in [6.07, 6.45) is 7.39. The smallest absolute Gasteiger partial charge is 0.119 e. The maximum atomic E-state index is 6.12. The second-order valence-corrected chi connectivity index (χ2v) is 4.64. The van der Waals surface area contributed by atoms with Crippen molar-refractivity contribution >= 4 is 0 Å². The van der Waals surface area contributed by atoms with E-state index >= 15 is 0 Å². The highest BCUT2D eigenvalue weighted by molar-refractivity contribution is 5.39. The zero-order valence-corrected chi connectivity index (χ0v) is 10.3. The van der Waals surface area contributed by atoms with Crippen LogP contribution in [0.5, 0.6) is 5.75 Å². The second kappa shape index (κ2) is 5.87. The lowest BCUT2D eigenvalue weighted by Gasteiger charge is -2.22. The van der Waals surface area contributed by atoms with Crippen LogP contribution in [-0.4, -0.2) is 6.61 Å². The zero-order chi connectivity index (χ0) is 12.1. The summed E-state index contributed by atoms with van der Waals surface area (Å²) >= 11 is 0. The minimum absolute atomic E-state index is 0.190. The molecule has 0 saturated carbocycles. The van der Waals surface area contributed by atoms with E-state index in [9.17, 15) is 0 Å². The first-order chi connectivity index (χ1) is 8.31. The number of rotatable bonds is 5.